The summed E-state index contributed by atoms with van der Waals surface area (Å²) < 4.78 is 0. The summed E-state index contributed by atoms with van der Waals surface area (Å²) >= 11 is 0. The predicted molar refractivity (Wildman–Crippen MR) is 43.9 cm³/mol. The van der Waals surface area contributed by atoms with Gasteiger partial charge in [0, 0.05) is 18.6 Å². The van der Waals surface area contributed by atoms with Crippen molar-refractivity contribution in [3.05, 3.63) is 48.7 Å². The van der Waals surface area contributed by atoms with E-state index in [9.17, 15) is 0 Å². The van der Waals surface area contributed by atoms with Gasteiger partial charge in [-0.15, -0.1) is 0 Å². The van der Waals surface area contributed by atoms with Gasteiger partial charge in [0.15, 0.2) is 0 Å². The Morgan fingerprint density at radius 3 is 2.50 bits per heavy atom. The van der Waals surface area contributed by atoms with Gasteiger partial charge in [-0.2, -0.15) is 0 Å². The monoisotopic (exact) mass is 196 g/mol. The summed E-state index contributed by atoms with van der Waals surface area (Å²) in [6.45, 7) is 3.91. The van der Waals surface area contributed by atoms with E-state index in [1.54, 1.807) is 0 Å². The van der Waals surface area contributed by atoms with Crippen molar-refractivity contribution in [2.75, 3.05) is 0 Å². The minimum Gasteiger partial charge on any atom is -0.377 e. The smallest absolute Gasteiger partial charge is 0.0819 e. The molecule has 0 aliphatic rings. The second-order valence-corrected chi connectivity index (χ2v) is 2.04. The molecule has 2 nitrogen and oxygen atoms in total. The van der Waals surface area contributed by atoms with Crippen LogP contribution in [0.5, 0.6) is 0 Å². The van der Waals surface area contributed by atoms with Crippen LogP contribution in [0, 0.1) is 6.20 Å². The molecule has 0 saturated heterocycles. The number of nitrogens with zero attached hydrogens (tertiary/aromatic N) is 2. The van der Waals surface area contributed by atoms with Crippen LogP contribution in [0.4, 0.5) is 0 Å². The molecule has 0 bridgehead atoms. The Kier molecular flexibility index (Phi) is 6.34. The molecule has 0 amide bonds. The Balaban J connectivity index is 0.00000121. The van der Waals surface area contributed by atoms with Gasteiger partial charge < -0.3 is 11.3 Å². The van der Waals surface area contributed by atoms with Crippen molar-refractivity contribution in [3.8, 4) is 0 Å². The summed E-state index contributed by atoms with van der Waals surface area (Å²) in [7, 11) is 0. The van der Waals surface area contributed by atoms with E-state index in [2.05, 4.69) is 23.0 Å². The zero-order valence-corrected chi connectivity index (χ0v) is 8.04. The third-order valence-electron chi connectivity index (χ3n) is 1.24. The van der Waals surface area contributed by atoms with Crippen LogP contribution in [-0.4, -0.2) is 0 Å². The third-order valence-corrected chi connectivity index (χ3v) is 1.24. The quantitative estimate of drug-likeness (QED) is 0.524. The van der Waals surface area contributed by atoms with E-state index < -0.39 is 0 Å². The van der Waals surface area contributed by atoms with Crippen molar-refractivity contribution in [2.24, 2.45) is 10.2 Å². The van der Waals surface area contributed by atoms with Crippen molar-refractivity contribution in [1.82, 2.24) is 0 Å². The molecule has 61 valence electrons. The van der Waals surface area contributed by atoms with Crippen LogP contribution in [0.15, 0.2) is 47.1 Å². The second-order valence-electron chi connectivity index (χ2n) is 2.04. The van der Waals surface area contributed by atoms with Crippen molar-refractivity contribution in [3.63, 3.8) is 0 Å². The standard InChI is InChI=1S/C9H9N2.V/c1-2-10-11-8-9-6-4-3-5-7-9;/h3-7H,1,8H2;/q-1;. The van der Waals surface area contributed by atoms with Crippen LogP contribution in [0.2, 0.25) is 0 Å². The number of hydrogen-bond acceptors (Lipinski definition) is 2. The molecule has 3 heteroatoms. The van der Waals surface area contributed by atoms with E-state index in [0.717, 1.165) is 5.56 Å². The maximum atomic E-state index is 3.81. The summed E-state index contributed by atoms with van der Waals surface area (Å²) in [6.07, 6.45) is 2.35. The van der Waals surface area contributed by atoms with Crippen LogP contribution in [0.3, 0.4) is 0 Å². The van der Waals surface area contributed by atoms with Crippen molar-refractivity contribution < 1.29 is 18.6 Å². The van der Waals surface area contributed by atoms with E-state index in [1.807, 2.05) is 30.3 Å². The second kappa shape index (κ2) is 6.83. The maximum Gasteiger partial charge on any atom is 0.0819 e. The van der Waals surface area contributed by atoms with Gasteiger partial charge in [0.2, 0.25) is 0 Å². The largest absolute Gasteiger partial charge is 0.377 e. The Bertz CT molecular complexity index is 244. The first-order valence-corrected chi connectivity index (χ1v) is 3.36. The summed E-state index contributed by atoms with van der Waals surface area (Å²) in [4.78, 5) is 0. The van der Waals surface area contributed by atoms with Crippen LogP contribution < -0.4 is 0 Å². The Morgan fingerprint density at radius 1 is 1.25 bits per heavy atom. The number of azo groups is 1. The molecule has 0 aliphatic heterocycles. The average Bonchev–Trinajstić information content (AvgIpc) is 2.07. The fourth-order valence-electron chi connectivity index (χ4n) is 0.750. The van der Waals surface area contributed by atoms with Crippen LogP contribution in [0.1, 0.15) is 5.56 Å². The van der Waals surface area contributed by atoms with Gasteiger partial charge in [0.1, 0.15) is 0 Å². The maximum absolute atomic E-state index is 3.81. The fraction of sp³-hybridized carbons (Fsp3) is 0.111. The Hall–Kier alpha value is -0.856. The van der Waals surface area contributed by atoms with Crippen LogP contribution >= 0.6 is 0 Å². The molecular formula is C9H9N2V-. The van der Waals surface area contributed by atoms with Gasteiger partial charge >= 0.3 is 0 Å². The molecule has 0 atom stereocenters. The first kappa shape index (κ1) is 11.1. The minimum atomic E-state index is 0. The fourth-order valence-corrected chi connectivity index (χ4v) is 0.750. The van der Waals surface area contributed by atoms with Gasteiger partial charge in [0.05, 0.1) is 6.54 Å². The third kappa shape index (κ3) is 4.11. The average molecular weight is 196 g/mol. The molecule has 0 aliphatic carbocycles. The Morgan fingerprint density at radius 2 is 1.92 bits per heavy atom. The zero-order valence-electron chi connectivity index (χ0n) is 6.64. The minimum absolute atomic E-state index is 0. The molecule has 0 heterocycles. The SMILES string of the molecule is C=[C-]N=NCc1ccccc1.[V]. The normalized spacial score (nSPS) is 9.33. The molecule has 1 aromatic carbocycles. The van der Waals surface area contributed by atoms with Crippen LogP contribution in [-0.2, 0) is 25.1 Å². The topological polar surface area (TPSA) is 24.7 Å². The molecule has 0 saturated carbocycles. The molecular weight excluding hydrogens is 187 g/mol. The predicted octanol–water partition coefficient (Wildman–Crippen LogP) is 2.58. The molecule has 0 N–H and O–H groups in total. The molecule has 12 heavy (non-hydrogen) atoms. The number of hydrogen-bond donors (Lipinski definition) is 0. The number of benzene rings is 1. The molecule has 1 aromatic rings. The van der Waals surface area contributed by atoms with E-state index in [1.165, 1.54) is 0 Å². The van der Waals surface area contributed by atoms with Gasteiger partial charge in [0.25, 0.3) is 0 Å². The summed E-state index contributed by atoms with van der Waals surface area (Å²) in [5.41, 5.74) is 1.14. The first-order valence-electron chi connectivity index (χ1n) is 3.36. The molecule has 1 rings (SSSR count). The van der Waals surface area contributed by atoms with Crippen LogP contribution in [0.25, 0.3) is 0 Å². The van der Waals surface area contributed by atoms with Gasteiger partial charge in [-0.3, -0.25) is 6.58 Å². The first-order chi connectivity index (χ1) is 5.43. The van der Waals surface area contributed by atoms with Crippen molar-refractivity contribution in [1.29, 1.82) is 0 Å². The van der Waals surface area contributed by atoms with Crippen molar-refractivity contribution >= 4 is 0 Å². The molecule has 0 fully saturated rings. The summed E-state index contributed by atoms with van der Waals surface area (Å²) in [6, 6.07) is 9.93. The van der Waals surface area contributed by atoms with E-state index >= 15 is 0 Å². The molecule has 0 unspecified atom stereocenters. The molecule has 0 spiro atoms. The zero-order chi connectivity index (χ0) is 7.94. The van der Waals surface area contributed by atoms with Gasteiger partial charge in [-0.05, 0) is 5.56 Å². The van der Waals surface area contributed by atoms with Gasteiger partial charge in [-0.1, -0.05) is 30.3 Å². The van der Waals surface area contributed by atoms with E-state index in [0.29, 0.717) is 6.54 Å². The summed E-state index contributed by atoms with van der Waals surface area (Å²) in [5, 5.41) is 7.34. The van der Waals surface area contributed by atoms with Gasteiger partial charge in [-0.25, -0.2) is 5.11 Å². The summed E-state index contributed by atoms with van der Waals surface area (Å²) in [5.74, 6) is 0. The Labute approximate surface area is 84.3 Å². The van der Waals surface area contributed by atoms with Crippen molar-refractivity contribution in [2.45, 2.75) is 6.54 Å². The van der Waals surface area contributed by atoms with E-state index in [4.69, 9.17) is 0 Å². The van der Waals surface area contributed by atoms with E-state index in [-0.39, 0.29) is 18.6 Å². The molecule has 1 radical (unpaired) electrons. The number of rotatable bonds is 3. The molecule has 0 aromatic heterocycles.